The fraction of sp³-hybridized carbons (Fsp3) is 0.286. The first kappa shape index (κ1) is 15.9. The summed E-state index contributed by atoms with van der Waals surface area (Å²) in [4.78, 5) is 11.8. The molecule has 2 aromatic rings. The predicted molar refractivity (Wildman–Crippen MR) is 73.9 cm³/mol. The van der Waals surface area contributed by atoms with Crippen LogP contribution in [-0.2, 0) is 11.0 Å². The van der Waals surface area contributed by atoms with Crippen molar-refractivity contribution in [3.63, 3.8) is 0 Å². The van der Waals surface area contributed by atoms with E-state index in [1.807, 2.05) is 6.92 Å². The van der Waals surface area contributed by atoms with Gasteiger partial charge >= 0.3 is 12.3 Å². The Labute approximate surface area is 124 Å². The van der Waals surface area contributed by atoms with E-state index in [9.17, 15) is 18.0 Å². The zero-order valence-corrected chi connectivity index (χ0v) is 11.9. The normalized spacial score (nSPS) is 11.3. The molecule has 0 unspecified atom stereocenters. The number of nitrogens with zero attached hydrogens (tertiary/aromatic N) is 2. The number of rotatable bonds is 4. The van der Waals surface area contributed by atoms with E-state index in [-0.39, 0.29) is 22.7 Å². The van der Waals surface area contributed by atoms with E-state index >= 15 is 0 Å². The van der Waals surface area contributed by atoms with Gasteiger partial charge in [0.05, 0.1) is 12.8 Å². The molecular weight excluding hydrogens is 299 g/mol. The molecule has 2 rings (SSSR count). The Morgan fingerprint density at radius 2 is 1.95 bits per heavy atom. The lowest BCUT2D eigenvalue weighted by Gasteiger charge is -2.06. The Balaban J connectivity index is 2.37. The van der Waals surface area contributed by atoms with Crippen LogP contribution in [0.5, 0.6) is 0 Å². The van der Waals surface area contributed by atoms with Crippen molar-refractivity contribution in [2.24, 2.45) is 0 Å². The minimum Gasteiger partial charge on any atom is -0.462 e. The Morgan fingerprint density at radius 3 is 2.50 bits per heavy atom. The lowest BCUT2D eigenvalue weighted by atomic mass is 10.2. The smallest absolute Gasteiger partial charge is 0.462 e. The molecule has 0 atom stereocenters. The van der Waals surface area contributed by atoms with Crippen LogP contribution in [0.1, 0.15) is 22.8 Å². The largest absolute Gasteiger partial charge is 0.504 e. The van der Waals surface area contributed by atoms with Crippen molar-refractivity contribution in [1.29, 1.82) is 0 Å². The molecule has 118 valence electrons. The van der Waals surface area contributed by atoms with E-state index < -0.39 is 12.3 Å². The van der Waals surface area contributed by atoms with E-state index in [4.69, 9.17) is 4.74 Å². The molecule has 0 aliphatic rings. The van der Waals surface area contributed by atoms with Crippen molar-refractivity contribution < 1.29 is 22.7 Å². The van der Waals surface area contributed by atoms with Gasteiger partial charge < -0.3 is 10.1 Å². The molecule has 1 aromatic heterocycles. The first-order chi connectivity index (χ1) is 10.3. The molecular formula is C14H14F3N3O2. The quantitative estimate of drug-likeness (QED) is 0.877. The lowest BCUT2D eigenvalue weighted by Crippen LogP contribution is -2.17. The predicted octanol–water partition coefficient (Wildman–Crippen LogP) is 3.59. The monoisotopic (exact) mass is 313 g/mol. The number of ether oxygens (including phenoxy) is 1. The van der Waals surface area contributed by atoms with E-state index in [1.165, 1.54) is 0 Å². The van der Waals surface area contributed by atoms with Crippen LogP contribution in [0.15, 0.2) is 30.5 Å². The van der Waals surface area contributed by atoms with Gasteiger partial charge in [-0.25, -0.2) is 4.79 Å². The summed E-state index contributed by atoms with van der Waals surface area (Å²) < 4.78 is 42.8. The fourth-order valence-corrected chi connectivity index (χ4v) is 1.73. The summed E-state index contributed by atoms with van der Waals surface area (Å²) in [7, 11) is 0. The van der Waals surface area contributed by atoms with Crippen LogP contribution in [0.4, 0.5) is 24.7 Å². The summed E-state index contributed by atoms with van der Waals surface area (Å²) in [6.45, 7) is 3.51. The molecule has 1 heterocycles. The number of alkyl halides is 3. The number of aromatic nitrogens is 2. The Bertz CT molecular complexity index is 663. The Morgan fingerprint density at radius 1 is 1.32 bits per heavy atom. The maximum Gasteiger partial charge on any atom is 0.504 e. The zero-order chi connectivity index (χ0) is 16.3. The highest BCUT2D eigenvalue weighted by Gasteiger charge is 2.34. The summed E-state index contributed by atoms with van der Waals surface area (Å²) in [5.74, 6) is -1.08. The third kappa shape index (κ3) is 3.57. The number of hydrogen-bond donors (Lipinski definition) is 1. The van der Waals surface area contributed by atoms with Gasteiger partial charge in [-0.05, 0) is 26.0 Å². The van der Waals surface area contributed by atoms with Crippen molar-refractivity contribution in [3.05, 3.63) is 41.6 Å². The minimum atomic E-state index is -4.71. The maximum atomic E-state index is 12.7. The Kier molecular flexibility index (Phi) is 4.39. The van der Waals surface area contributed by atoms with Crippen molar-refractivity contribution >= 4 is 17.5 Å². The number of anilines is 2. The zero-order valence-electron chi connectivity index (χ0n) is 11.9. The van der Waals surface area contributed by atoms with Gasteiger partial charge in [0.15, 0.2) is 5.82 Å². The summed E-state index contributed by atoms with van der Waals surface area (Å²) in [6.07, 6.45) is -4.11. The molecule has 0 fully saturated rings. The van der Waals surface area contributed by atoms with Crippen LogP contribution in [0.2, 0.25) is 0 Å². The highest BCUT2D eigenvalue weighted by molar-refractivity contribution is 5.95. The molecule has 0 radical (unpaired) electrons. The molecule has 0 saturated carbocycles. The summed E-state index contributed by atoms with van der Waals surface area (Å²) in [5, 5.41) is 6.08. The van der Waals surface area contributed by atoms with Crippen molar-refractivity contribution in [2.45, 2.75) is 20.1 Å². The molecule has 0 saturated heterocycles. The molecule has 0 spiro atoms. The first-order valence-corrected chi connectivity index (χ1v) is 6.49. The van der Waals surface area contributed by atoms with Crippen molar-refractivity contribution in [1.82, 2.24) is 9.78 Å². The number of esters is 1. The average Bonchev–Trinajstić information content (AvgIpc) is 2.86. The van der Waals surface area contributed by atoms with Gasteiger partial charge in [-0.1, -0.05) is 17.7 Å². The molecule has 1 aromatic carbocycles. The van der Waals surface area contributed by atoms with Gasteiger partial charge in [0.2, 0.25) is 0 Å². The maximum absolute atomic E-state index is 12.7. The lowest BCUT2D eigenvalue weighted by molar-refractivity contribution is -0.212. The molecule has 8 heteroatoms. The second-order valence-electron chi connectivity index (χ2n) is 4.52. The summed E-state index contributed by atoms with van der Waals surface area (Å²) in [5.41, 5.74) is 1.24. The van der Waals surface area contributed by atoms with Gasteiger partial charge in [-0.3, -0.25) is 0 Å². The highest BCUT2D eigenvalue weighted by Crippen LogP contribution is 2.27. The van der Waals surface area contributed by atoms with Crippen molar-refractivity contribution in [2.75, 3.05) is 11.9 Å². The average molecular weight is 313 g/mol. The van der Waals surface area contributed by atoms with Gasteiger partial charge in [0.25, 0.3) is 0 Å². The van der Waals surface area contributed by atoms with Crippen LogP contribution in [0, 0.1) is 6.92 Å². The highest BCUT2D eigenvalue weighted by atomic mass is 19.4. The number of carbonyl (C=O) groups excluding carboxylic acids is 1. The number of carbonyl (C=O) groups is 1. The Hall–Kier alpha value is -2.51. The van der Waals surface area contributed by atoms with Crippen LogP contribution in [0.25, 0.3) is 0 Å². The standard InChI is InChI=1S/C14H14F3N3O2/c1-3-22-13(21)11-8-20(14(15,16)17)19-12(11)18-10-6-4-9(2)5-7-10/h4-8H,3H2,1-2H3,(H,18,19). The van der Waals surface area contributed by atoms with Gasteiger partial charge in [0.1, 0.15) is 5.56 Å². The summed E-state index contributed by atoms with van der Waals surface area (Å²) >= 11 is 0. The van der Waals surface area contributed by atoms with Crippen LogP contribution >= 0.6 is 0 Å². The third-order valence-corrected chi connectivity index (χ3v) is 2.78. The molecule has 0 aliphatic heterocycles. The molecule has 5 nitrogen and oxygen atoms in total. The number of nitrogens with one attached hydrogen (secondary N) is 1. The van der Waals surface area contributed by atoms with E-state index in [0.717, 1.165) is 5.56 Å². The van der Waals surface area contributed by atoms with Crippen LogP contribution < -0.4 is 5.32 Å². The van der Waals surface area contributed by atoms with Crippen LogP contribution in [0.3, 0.4) is 0 Å². The number of benzene rings is 1. The minimum absolute atomic E-state index is 0.0556. The third-order valence-electron chi connectivity index (χ3n) is 2.78. The molecule has 22 heavy (non-hydrogen) atoms. The second kappa shape index (κ2) is 6.08. The van der Waals surface area contributed by atoms with Gasteiger partial charge in [-0.15, -0.1) is 18.3 Å². The number of halogens is 3. The van der Waals surface area contributed by atoms with Crippen LogP contribution in [-0.4, -0.2) is 22.4 Å². The SMILES string of the molecule is CCOC(=O)c1cn(C(F)(F)F)nc1Nc1ccc(C)cc1. The molecule has 0 bridgehead atoms. The number of hydrogen-bond acceptors (Lipinski definition) is 4. The van der Waals surface area contributed by atoms with Gasteiger partial charge in [-0.2, -0.15) is 4.68 Å². The molecule has 0 amide bonds. The fourth-order valence-electron chi connectivity index (χ4n) is 1.73. The second-order valence-corrected chi connectivity index (χ2v) is 4.52. The first-order valence-electron chi connectivity index (χ1n) is 6.49. The van der Waals surface area contributed by atoms with E-state index in [1.54, 1.807) is 31.2 Å². The summed E-state index contributed by atoms with van der Waals surface area (Å²) in [6, 6.07) is 6.92. The van der Waals surface area contributed by atoms with Gasteiger partial charge in [0, 0.05) is 5.69 Å². The molecule has 0 aliphatic carbocycles. The van der Waals surface area contributed by atoms with E-state index in [0.29, 0.717) is 11.9 Å². The molecule has 1 N–H and O–H groups in total. The topological polar surface area (TPSA) is 56.2 Å². The van der Waals surface area contributed by atoms with E-state index in [2.05, 4.69) is 10.4 Å². The number of aryl methyl sites for hydroxylation is 1. The van der Waals surface area contributed by atoms with Crippen molar-refractivity contribution in [3.8, 4) is 0 Å².